The quantitative estimate of drug-likeness (QED) is 0.623. The first-order valence-corrected chi connectivity index (χ1v) is 11.2. The molecular formula is C26H30N4O2. The standard InChI is InChI=1S/C26H30N4O2/c1-27-19-29(15-20-8-4-3-5-9-20)16-22-17-30(13-12-24(22)27)26(31)32-18-23-14-21-10-6-7-11-25(21)28(23)2/h3-11,14H,12-13,15-19H2,1-2H3. The Hall–Kier alpha value is -3.25. The summed E-state index contributed by atoms with van der Waals surface area (Å²) in [7, 11) is 4.17. The molecule has 0 saturated heterocycles. The Kier molecular flexibility index (Phi) is 5.62. The molecule has 6 heteroatoms. The van der Waals surface area contributed by atoms with Gasteiger partial charge in [-0.3, -0.25) is 4.90 Å². The molecule has 32 heavy (non-hydrogen) atoms. The molecule has 1 amide bonds. The van der Waals surface area contributed by atoms with Crippen LogP contribution in [0.2, 0.25) is 0 Å². The van der Waals surface area contributed by atoms with E-state index in [-0.39, 0.29) is 12.7 Å². The predicted octanol–water partition coefficient (Wildman–Crippen LogP) is 4.18. The third-order valence-corrected chi connectivity index (χ3v) is 6.60. The Morgan fingerprint density at radius 3 is 2.59 bits per heavy atom. The lowest BCUT2D eigenvalue weighted by Gasteiger charge is -2.42. The maximum Gasteiger partial charge on any atom is 0.410 e. The van der Waals surface area contributed by atoms with Gasteiger partial charge in [0.1, 0.15) is 6.61 Å². The Bertz CT molecular complexity index is 1150. The van der Waals surface area contributed by atoms with Crippen LogP contribution in [0.3, 0.4) is 0 Å². The summed E-state index contributed by atoms with van der Waals surface area (Å²) in [5, 5.41) is 1.16. The molecule has 5 rings (SSSR count). The first-order chi connectivity index (χ1) is 15.6. The van der Waals surface area contributed by atoms with E-state index in [1.807, 2.05) is 24.1 Å². The van der Waals surface area contributed by atoms with Crippen molar-refractivity contribution in [2.75, 3.05) is 33.4 Å². The molecule has 0 atom stereocenters. The smallest absolute Gasteiger partial charge is 0.410 e. The number of nitrogens with zero attached hydrogens (tertiary/aromatic N) is 4. The van der Waals surface area contributed by atoms with E-state index in [1.165, 1.54) is 16.8 Å². The second-order valence-electron chi connectivity index (χ2n) is 8.84. The van der Waals surface area contributed by atoms with Gasteiger partial charge in [0.25, 0.3) is 0 Å². The lowest BCUT2D eigenvalue weighted by molar-refractivity contribution is 0.0858. The third kappa shape index (κ3) is 4.10. The molecule has 0 aliphatic carbocycles. The van der Waals surface area contributed by atoms with Gasteiger partial charge >= 0.3 is 6.09 Å². The highest BCUT2D eigenvalue weighted by atomic mass is 16.6. The first-order valence-electron chi connectivity index (χ1n) is 11.2. The number of benzene rings is 2. The minimum absolute atomic E-state index is 0.232. The molecule has 2 aliphatic rings. The number of aromatic nitrogens is 1. The predicted molar refractivity (Wildman–Crippen MR) is 126 cm³/mol. The van der Waals surface area contributed by atoms with Gasteiger partial charge in [-0.2, -0.15) is 0 Å². The molecule has 2 aliphatic heterocycles. The Balaban J connectivity index is 1.22. The van der Waals surface area contributed by atoms with Crippen LogP contribution in [-0.2, 0) is 24.9 Å². The molecule has 166 valence electrons. The highest BCUT2D eigenvalue weighted by Gasteiger charge is 2.30. The van der Waals surface area contributed by atoms with E-state index < -0.39 is 0 Å². The molecule has 3 heterocycles. The minimum atomic E-state index is -0.232. The van der Waals surface area contributed by atoms with E-state index in [9.17, 15) is 4.79 Å². The summed E-state index contributed by atoms with van der Waals surface area (Å²) >= 11 is 0. The molecule has 0 unspecified atom stereocenters. The summed E-state index contributed by atoms with van der Waals surface area (Å²) in [6, 6.07) is 20.9. The van der Waals surface area contributed by atoms with Crippen LogP contribution in [0, 0.1) is 0 Å². The minimum Gasteiger partial charge on any atom is -0.443 e. The van der Waals surface area contributed by atoms with Crippen LogP contribution in [-0.4, -0.2) is 58.7 Å². The third-order valence-electron chi connectivity index (χ3n) is 6.60. The van der Waals surface area contributed by atoms with E-state index in [0.717, 1.165) is 42.8 Å². The number of carbonyl (C=O) groups is 1. The molecule has 0 fully saturated rings. The number of fused-ring (bicyclic) bond motifs is 1. The van der Waals surface area contributed by atoms with Crippen molar-refractivity contribution in [1.82, 2.24) is 19.3 Å². The van der Waals surface area contributed by atoms with Gasteiger partial charge in [0.2, 0.25) is 0 Å². The largest absolute Gasteiger partial charge is 0.443 e. The summed E-state index contributed by atoms with van der Waals surface area (Å²) in [5.74, 6) is 0. The van der Waals surface area contributed by atoms with Gasteiger partial charge in [-0.05, 0) is 28.7 Å². The van der Waals surface area contributed by atoms with Gasteiger partial charge in [-0.15, -0.1) is 0 Å². The van der Waals surface area contributed by atoms with Gasteiger partial charge in [0.05, 0.1) is 12.4 Å². The molecular weight excluding hydrogens is 400 g/mol. The molecule has 0 N–H and O–H groups in total. The van der Waals surface area contributed by atoms with Crippen molar-refractivity contribution in [2.45, 2.75) is 19.6 Å². The Labute approximate surface area is 189 Å². The lowest BCUT2D eigenvalue weighted by atomic mass is 10.0. The fourth-order valence-corrected chi connectivity index (χ4v) is 4.94. The van der Waals surface area contributed by atoms with E-state index >= 15 is 0 Å². The van der Waals surface area contributed by atoms with Crippen LogP contribution in [0.25, 0.3) is 10.9 Å². The van der Waals surface area contributed by atoms with E-state index in [4.69, 9.17) is 4.74 Å². The fourth-order valence-electron chi connectivity index (χ4n) is 4.94. The van der Waals surface area contributed by atoms with Crippen molar-refractivity contribution < 1.29 is 9.53 Å². The summed E-state index contributed by atoms with van der Waals surface area (Å²) in [6.07, 6.45) is 0.651. The van der Waals surface area contributed by atoms with Gasteiger partial charge in [0.15, 0.2) is 0 Å². The number of carbonyl (C=O) groups excluding carboxylic acids is 1. The number of ether oxygens (including phenoxy) is 1. The number of para-hydroxylation sites is 1. The van der Waals surface area contributed by atoms with Crippen molar-refractivity contribution in [3.8, 4) is 0 Å². The topological polar surface area (TPSA) is 40.9 Å². The average molecular weight is 431 g/mol. The number of rotatable bonds is 4. The Morgan fingerprint density at radius 2 is 1.78 bits per heavy atom. The van der Waals surface area contributed by atoms with Crippen LogP contribution in [0.4, 0.5) is 4.79 Å². The zero-order valence-electron chi connectivity index (χ0n) is 18.8. The number of hydrogen-bond acceptors (Lipinski definition) is 4. The number of hydrogen-bond donors (Lipinski definition) is 0. The molecule has 1 aromatic heterocycles. The van der Waals surface area contributed by atoms with Gasteiger partial charge in [-0.1, -0.05) is 48.5 Å². The molecule has 3 aromatic rings. The highest BCUT2D eigenvalue weighted by Crippen LogP contribution is 2.27. The highest BCUT2D eigenvalue weighted by molar-refractivity contribution is 5.81. The Morgan fingerprint density at radius 1 is 1.00 bits per heavy atom. The average Bonchev–Trinajstić information content (AvgIpc) is 3.13. The molecule has 2 aromatic carbocycles. The maximum atomic E-state index is 12.9. The first kappa shape index (κ1) is 20.6. The second-order valence-corrected chi connectivity index (χ2v) is 8.84. The van der Waals surface area contributed by atoms with E-state index in [1.54, 1.807) is 0 Å². The lowest BCUT2D eigenvalue weighted by Crippen LogP contribution is -2.48. The normalized spacial score (nSPS) is 17.1. The summed E-state index contributed by atoms with van der Waals surface area (Å²) in [4.78, 5) is 19.5. The van der Waals surface area contributed by atoms with Crippen LogP contribution in [0.5, 0.6) is 0 Å². The van der Waals surface area contributed by atoms with Crippen LogP contribution < -0.4 is 0 Å². The van der Waals surface area contributed by atoms with Crippen LogP contribution in [0.1, 0.15) is 17.7 Å². The van der Waals surface area contributed by atoms with E-state index in [0.29, 0.717) is 13.1 Å². The maximum absolute atomic E-state index is 12.9. The molecule has 0 bridgehead atoms. The van der Waals surface area contributed by atoms with Gasteiger partial charge in [-0.25, -0.2) is 4.79 Å². The van der Waals surface area contributed by atoms with Gasteiger partial charge in [0, 0.05) is 57.9 Å². The zero-order valence-corrected chi connectivity index (χ0v) is 18.8. The van der Waals surface area contributed by atoms with Crippen LogP contribution >= 0.6 is 0 Å². The van der Waals surface area contributed by atoms with Crippen molar-refractivity contribution >= 4 is 17.0 Å². The molecule has 6 nitrogen and oxygen atoms in total. The molecule has 0 saturated carbocycles. The van der Waals surface area contributed by atoms with Crippen molar-refractivity contribution in [3.05, 3.63) is 83.2 Å². The van der Waals surface area contributed by atoms with Crippen LogP contribution in [0.15, 0.2) is 71.9 Å². The molecule has 0 radical (unpaired) electrons. The van der Waals surface area contributed by atoms with Crippen molar-refractivity contribution in [3.63, 3.8) is 0 Å². The number of aryl methyl sites for hydroxylation is 1. The zero-order chi connectivity index (χ0) is 22.1. The monoisotopic (exact) mass is 430 g/mol. The number of amides is 1. The summed E-state index contributed by atoms with van der Waals surface area (Å²) in [5.41, 5.74) is 6.17. The summed E-state index contributed by atoms with van der Waals surface area (Å²) in [6.45, 7) is 4.34. The van der Waals surface area contributed by atoms with Crippen molar-refractivity contribution in [1.29, 1.82) is 0 Å². The SMILES string of the molecule is CN1CN(Cc2ccccc2)CC2=C1CCN(C(=O)OCc1cc3ccccc3n1C)C2. The second kappa shape index (κ2) is 8.71. The van der Waals surface area contributed by atoms with Crippen molar-refractivity contribution in [2.24, 2.45) is 7.05 Å². The molecule has 0 spiro atoms. The van der Waals surface area contributed by atoms with E-state index in [2.05, 4.69) is 69.9 Å². The van der Waals surface area contributed by atoms with Gasteiger partial charge < -0.3 is 19.1 Å². The summed E-state index contributed by atoms with van der Waals surface area (Å²) < 4.78 is 7.82. The fraction of sp³-hybridized carbons (Fsp3) is 0.346.